The summed E-state index contributed by atoms with van der Waals surface area (Å²) in [7, 11) is 0. The van der Waals surface area contributed by atoms with Crippen LogP contribution in [-0.2, 0) is 4.79 Å². The van der Waals surface area contributed by atoms with Gasteiger partial charge < -0.3 is 21.2 Å². The molecule has 1 fully saturated rings. The van der Waals surface area contributed by atoms with Gasteiger partial charge in [-0.05, 0) is 25.9 Å². The number of nitrogens with zero attached hydrogens (tertiary/aromatic N) is 2. The van der Waals surface area contributed by atoms with Crippen LogP contribution in [0.25, 0.3) is 0 Å². The monoisotopic (exact) mass is 284 g/mol. The number of carbonyl (C=O) groups excluding carboxylic acids is 1. The number of amides is 1. The van der Waals surface area contributed by atoms with Crippen molar-refractivity contribution in [3.8, 4) is 0 Å². The molecule has 4 N–H and O–H groups in total. The van der Waals surface area contributed by atoms with E-state index in [1.165, 1.54) is 0 Å². The van der Waals surface area contributed by atoms with Gasteiger partial charge in [-0.1, -0.05) is 38.3 Å². The van der Waals surface area contributed by atoms with E-state index < -0.39 is 5.41 Å². The molecule has 0 aromatic rings. The SMILES string of the molecule is CCN(CC)CCNC(=O)C1(C(N)=NO)CCCCC1. The summed E-state index contributed by atoms with van der Waals surface area (Å²) in [6, 6.07) is 0. The van der Waals surface area contributed by atoms with Gasteiger partial charge in [-0.25, -0.2) is 0 Å². The fourth-order valence-corrected chi connectivity index (χ4v) is 2.89. The van der Waals surface area contributed by atoms with Crippen LogP contribution in [0.3, 0.4) is 0 Å². The van der Waals surface area contributed by atoms with Crippen molar-refractivity contribution in [2.45, 2.75) is 46.0 Å². The molecule has 0 spiro atoms. The van der Waals surface area contributed by atoms with Crippen molar-refractivity contribution < 1.29 is 10.0 Å². The molecular formula is C14H28N4O2. The Bertz CT molecular complexity index is 334. The largest absolute Gasteiger partial charge is 0.409 e. The number of carbonyl (C=O) groups is 1. The van der Waals surface area contributed by atoms with E-state index in [9.17, 15) is 4.79 Å². The van der Waals surface area contributed by atoms with Crippen molar-refractivity contribution in [3.63, 3.8) is 0 Å². The molecule has 0 radical (unpaired) electrons. The van der Waals surface area contributed by atoms with Crippen molar-refractivity contribution >= 4 is 11.7 Å². The van der Waals surface area contributed by atoms with Gasteiger partial charge in [0.15, 0.2) is 5.84 Å². The summed E-state index contributed by atoms with van der Waals surface area (Å²) in [5, 5.41) is 15.0. The summed E-state index contributed by atoms with van der Waals surface area (Å²) >= 11 is 0. The molecule has 1 amide bonds. The Morgan fingerprint density at radius 3 is 2.40 bits per heavy atom. The molecule has 0 atom stereocenters. The van der Waals surface area contributed by atoms with Crippen molar-refractivity contribution in [3.05, 3.63) is 0 Å². The average molecular weight is 284 g/mol. The fraction of sp³-hybridized carbons (Fsp3) is 0.857. The maximum absolute atomic E-state index is 12.5. The highest BCUT2D eigenvalue weighted by Gasteiger charge is 2.43. The first-order chi connectivity index (χ1) is 9.60. The Morgan fingerprint density at radius 2 is 1.90 bits per heavy atom. The van der Waals surface area contributed by atoms with Crippen LogP contribution in [0.1, 0.15) is 46.0 Å². The Hall–Kier alpha value is -1.30. The summed E-state index contributed by atoms with van der Waals surface area (Å²) in [6.07, 6.45) is 4.33. The first kappa shape index (κ1) is 16.8. The molecule has 6 nitrogen and oxygen atoms in total. The second kappa shape index (κ2) is 8.09. The van der Waals surface area contributed by atoms with E-state index in [0.29, 0.717) is 19.4 Å². The van der Waals surface area contributed by atoms with Gasteiger partial charge in [0.1, 0.15) is 5.41 Å². The average Bonchev–Trinajstić information content (AvgIpc) is 2.51. The van der Waals surface area contributed by atoms with Gasteiger partial charge >= 0.3 is 0 Å². The smallest absolute Gasteiger partial charge is 0.233 e. The Morgan fingerprint density at radius 1 is 1.30 bits per heavy atom. The zero-order valence-electron chi connectivity index (χ0n) is 12.7. The predicted molar refractivity (Wildman–Crippen MR) is 79.7 cm³/mol. The van der Waals surface area contributed by atoms with E-state index in [1.807, 2.05) is 0 Å². The number of hydrogen-bond donors (Lipinski definition) is 3. The molecule has 0 unspecified atom stereocenters. The zero-order valence-corrected chi connectivity index (χ0v) is 12.7. The summed E-state index contributed by atoms with van der Waals surface area (Å²) in [4.78, 5) is 14.7. The molecule has 20 heavy (non-hydrogen) atoms. The summed E-state index contributed by atoms with van der Waals surface area (Å²) in [6.45, 7) is 7.57. The van der Waals surface area contributed by atoms with Crippen LogP contribution < -0.4 is 11.1 Å². The highest BCUT2D eigenvalue weighted by atomic mass is 16.4. The number of oxime groups is 1. The molecule has 0 heterocycles. The second-order valence-corrected chi connectivity index (χ2v) is 5.41. The lowest BCUT2D eigenvalue weighted by Crippen LogP contribution is -2.52. The molecule has 6 heteroatoms. The molecule has 116 valence electrons. The van der Waals surface area contributed by atoms with Crippen LogP contribution in [0, 0.1) is 5.41 Å². The summed E-state index contributed by atoms with van der Waals surface area (Å²) in [5.41, 5.74) is 4.99. The summed E-state index contributed by atoms with van der Waals surface area (Å²) < 4.78 is 0. The third kappa shape index (κ3) is 3.85. The molecule has 1 saturated carbocycles. The second-order valence-electron chi connectivity index (χ2n) is 5.41. The molecule has 0 saturated heterocycles. The minimum atomic E-state index is -0.809. The van der Waals surface area contributed by atoms with Gasteiger partial charge in [-0.2, -0.15) is 0 Å². The molecule has 0 aromatic carbocycles. The van der Waals surface area contributed by atoms with E-state index in [1.54, 1.807) is 0 Å². The highest BCUT2D eigenvalue weighted by molar-refractivity contribution is 6.06. The van der Waals surface area contributed by atoms with E-state index in [-0.39, 0.29) is 11.7 Å². The minimum absolute atomic E-state index is 0.0533. The van der Waals surface area contributed by atoms with Gasteiger partial charge in [-0.3, -0.25) is 4.79 Å². The molecule has 1 aliphatic rings. The van der Waals surface area contributed by atoms with Crippen LogP contribution in [-0.4, -0.2) is 48.0 Å². The molecule has 0 aromatic heterocycles. The van der Waals surface area contributed by atoms with E-state index in [0.717, 1.165) is 38.9 Å². The van der Waals surface area contributed by atoms with Crippen molar-refractivity contribution in [1.82, 2.24) is 10.2 Å². The number of nitrogens with one attached hydrogen (secondary N) is 1. The lowest BCUT2D eigenvalue weighted by Gasteiger charge is -2.34. The molecule has 1 rings (SSSR count). The van der Waals surface area contributed by atoms with Crippen LogP contribution in [0.4, 0.5) is 0 Å². The third-order valence-electron chi connectivity index (χ3n) is 4.35. The fourth-order valence-electron chi connectivity index (χ4n) is 2.89. The maximum Gasteiger partial charge on any atom is 0.233 e. The van der Waals surface area contributed by atoms with Gasteiger partial charge in [0, 0.05) is 13.1 Å². The van der Waals surface area contributed by atoms with Crippen LogP contribution in [0.5, 0.6) is 0 Å². The number of hydrogen-bond acceptors (Lipinski definition) is 4. The lowest BCUT2D eigenvalue weighted by atomic mass is 9.72. The highest BCUT2D eigenvalue weighted by Crippen LogP contribution is 2.36. The van der Waals surface area contributed by atoms with Crippen LogP contribution in [0.15, 0.2) is 5.16 Å². The van der Waals surface area contributed by atoms with Crippen LogP contribution in [0.2, 0.25) is 0 Å². The number of likely N-dealkylation sites (N-methyl/N-ethyl adjacent to an activating group) is 1. The van der Waals surface area contributed by atoms with Crippen molar-refractivity contribution in [2.75, 3.05) is 26.2 Å². The molecule has 1 aliphatic carbocycles. The standard InChI is InChI=1S/C14H28N4O2/c1-3-18(4-2)11-10-16-13(19)14(12(15)17-20)8-6-5-7-9-14/h20H,3-11H2,1-2H3,(H2,15,17)(H,16,19). The van der Waals surface area contributed by atoms with Gasteiger partial charge in [0.2, 0.25) is 5.91 Å². The normalized spacial score (nSPS) is 19.1. The number of rotatable bonds is 7. The minimum Gasteiger partial charge on any atom is -0.409 e. The number of amidine groups is 1. The topological polar surface area (TPSA) is 91.0 Å². The Kier molecular flexibility index (Phi) is 6.78. The zero-order chi connectivity index (χ0) is 15.0. The predicted octanol–water partition coefficient (Wildman–Crippen LogP) is 1.14. The summed E-state index contributed by atoms with van der Waals surface area (Å²) in [5.74, 6) is -0.0443. The lowest BCUT2D eigenvalue weighted by molar-refractivity contribution is -0.129. The van der Waals surface area contributed by atoms with Crippen LogP contribution >= 0.6 is 0 Å². The molecule has 0 aliphatic heterocycles. The Balaban J connectivity index is 2.61. The first-order valence-corrected chi connectivity index (χ1v) is 7.59. The van der Waals surface area contributed by atoms with E-state index in [2.05, 4.69) is 29.2 Å². The third-order valence-corrected chi connectivity index (χ3v) is 4.35. The number of nitrogens with two attached hydrogens (primary N) is 1. The van der Waals surface area contributed by atoms with Gasteiger partial charge in [-0.15, -0.1) is 0 Å². The van der Waals surface area contributed by atoms with Gasteiger partial charge in [0.25, 0.3) is 0 Å². The van der Waals surface area contributed by atoms with Crippen molar-refractivity contribution in [2.24, 2.45) is 16.3 Å². The van der Waals surface area contributed by atoms with Gasteiger partial charge in [0.05, 0.1) is 0 Å². The van der Waals surface area contributed by atoms with Crippen molar-refractivity contribution in [1.29, 1.82) is 0 Å². The maximum atomic E-state index is 12.5. The Labute approximate surface area is 121 Å². The van der Waals surface area contributed by atoms with E-state index >= 15 is 0 Å². The van der Waals surface area contributed by atoms with E-state index in [4.69, 9.17) is 10.9 Å². The quantitative estimate of drug-likeness (QED) is 0.283. The first-order valence-electron chi connectivity index (χ1n) is 7.59. The molecular weight excluding hydrogens is 256 g/mol. The molecule has 0 bridgehead atoms.